The van der Waals surface area contributed by atoms with Gasteiger partial charge in [-0.2, -0.15) is 0 Å². The number of fused-ring (bicyclic) bond motifs is 2. The zero-order valence-corrected chi connectivity index (χ0v) is 21.5. The highest BCUT2D eigenvalue weighted by Gasteiger charge is 2.76. The lowest BCUT2D eigenvalue weighted by molar-refractivity contribution is -0.331. The third-order valence-electron chi connectivity index (χ3n) is 11.2. The summed E-state index contributed by atoms with van der Waals surface area (Å²) < 4.78 is 7.24. The summed E-state index contributed by atoms with van der Waals surface area (Å²) in [6.45, 7) is 2.38. The van der Waals surface area contributed by atoms with E-state index in [4.69, 9.17) is 4.74 Å². The summed E-state index contributed by atoms with van der Waals surface area (Å²) in [6.07, 6.45) is 9.74. The smallest absolute Gasteiger partial charge is 0.102 e. The number of hydrogen-bond donors (Lipinski definition) is 3. The Morgan fingerprint density at radius 1 is 1.03 bits per heavy atom. The van der Waals surface area contributed by atoms with E-state index in [1.807, 2.05) is 31.4 Å². The molecule has 3 aliphatic carbocycles. The normalized spacial score (nSPS) is 47.4. The molecule has 0 radical (unpaired) electrons. The lowest BCUT2D eigenvalue weighted by atomic mass is 9.51. The average Bonchev–Trinajstić information content (AvgIpc) is 3.39. The van der Waals surface area contributed by atoms with Crippen molar-refractivity contribution in [3.8, 4) is 0 Å². The minimum atomic E-state index is -0.989. The lowest BCUT2D eigenvalue weighted by Crippen LogP contribution is -2.73. The molecule has 2 saturated carbocycles. The molecule has 3 heterocycles. The van der Waals surface area contributed by atoms with Gasteiger partial charge in [0.1, 0.15) is 5.60 Å². The molecule has 0 amide bonds. The summed E-state index contributed by atoms with van der Waals surface area (Å²) in [6, 6.07) is 8.41. The summed E-state index contributed by atoms with van der Waals surface area (Å²) >= 11 is 0. The second kappa shape index (κ2) is 7.39. The molecule has 5 aliphatic rings. The van der Waals surface area contributed by atoms with Crippen LogP contribution in [0.2, 0.25) is 0 Å². The topological polar surface area (TPSA) is 86.1 Å². The Kier molecular flexibility index (Phi) is 4.78. The highest BCUT2D eigenvalue weighted by Crippen LogP contribution is 2.72. The maximum absolute atomic E-state index is 12.3. The van der Waals surface area contributed by atoms with Crippen molar-refractivity contribution >= 4 is 16.3 Å². The highest BCUT2D eigenvalue weighted by atomic mass is 16.6. The maximum Gasteiger partial charge on any atom is 0.102 e. The Morgan fingerprint density at radius 3 is 2.67 bits per heavy atom. The van der Waals surface area contributed by atoms with Gasteiger partial charge in [0.25, 0.3) is 0 Å². The van der Waals surface area contributed by atoms with Crippen molar-refractivity contribution in [1.82, 2.24) is 9.88 Å². The van der Waals surface area contributed by atoms with Crippen LogP contribution in [0.1, 0.15) is 57.4 Å². The number of aliphatic hydroxyl groups is 3. The van der Waals surface area contributed by atoms with Crippen molar-refractivity contribution in [2.24, 2.45) is 17.3 Å². The van der Waals surface area contributed by atoms with Gasteiger partial charge in [-0.25, -0.2) is 0 Å². The van der Waals surface area contributed by atoms with Gasteiger partial charge in [-0.15, -0.1) is 0 Å². The third kappa shape index (κ3) is 2.72. The van der Waals surface area contributed by atoms with Crippen LogP contribution in [0.15, 0.2) is 42.7 Å². The first-order valence-electron chi connectivity index (χ1n) is 13.6. The van der Waals surface area contributed by atoms with Gasteiger partial charge in [-0.3, -0.25) is 4.98 Å². The van der Waals surface area contributed by atoms with Gasteiger partial charge in [0.2, 0.25) is 0 Å². The minimum absolute atomic E-state index is 0.109. The Balaban J connectivity index is 1.30. The molecule has 9 atom stereocenters. The molecule has 1 aromatic heterocycles. The standard InChI is InChI=1S/C30H38N2O4/c1-27-10-12-29(35)15-22-25(33)26(34)23(32(2)3)16-28(22)11-13-30(29,36-28)24(27)8-7-21(27)19-6-4-5-18-9-14-31-17-20(18)19/h4-7,9,14,17,22-26,33-35H,8,10-13,15-16H2,1-3H3/t22?,23-,24?,25+,26+,27+,28+,29?,30-/m0/s1. The number of aliphatic hydroxyl groups excluding tert-OH is 2. The molecule has 2 aliphatic heterocycles. The summed E-state index contributed by atoms with van der Waals surface area (Å²) in [5.74, 6) is -0.0699. The van der Waals surface area contributed by atoms with Gasteiger partial charge in [-0.1, -0.05) is 31.2 Å². The van der Waals surface area contributed by atoms with Gasteiger partial charge in [0.05, 0.1) is 23.4 Å². The second-order valence-corrected chi connectivity index (χ2v) is 12.8. The first-order valence-corrected chi connectivity index (χ1v) is 13.6. The number of rotatable bonds is 2. The molecule has 36 heavy (non-hydrogen) atoms. The van der Waals surface area contributed by atoms with Gasteiger partial charge >= 0.3 is 0 Å². The Labute approximate surface area is 213 Å². The van der Waals surface area contributed by atoms with Gasteiger partial charge in [-0.05, 0) is 87.0 Å². The fourth-order valence-electron chi connectivity index (χ4n) is 9.38. The number of aromatic nitrogens is 1. The van der Waals surface area contributed by atoms with Crippen LogP contribution >= 0.6 is 0 Å². The molecule has 3 unspecified atom stereocenters. The van der Waals surface area contributed by atoms with Crippen LogP contribution in [-0.2, 0) is 4.74 Å². The van der Waals surface area contributed by atoms with Crippen LogP contribution in [-0.4, -0.2) is 74.4 Å². The van der Waals surface area contributed by atoms with Crippen LogP contribution < -0.4 is 0 Å². The fourth-order valence-corrected chi connectivity index (χ4v) is 9.38. The summed E-state index contributed by atoms with van der Waals surface area (Å²) in [5.41, 5.74) is 0.386. The van der Waals surface area contributed by atoms with Crippen LogP contribution in [0.25, 0.3) is 16.3 Å². The second-order valence-electron chi connectivity index (χ2n) is 12.8. The van der Waals surface area contributed by atoms with Crippen LogP contribution in [0.3, 0.4) is 0 Å². The van der Waals surface area contributed by atoms with Crippen molar-refractivity contribution in [2.75, 3.05) is 14.1 Å². The van der Waals surface area contributed by atoms with E-state index in [1.54, 1.807) is 0 Å². The molecule has 2 saturated heterocycles. The molecular weight excluding hydrogens is 452 g/mol. The SMILES string of the molecule is CN(C)[C@H]1C[C@@]23CC[C@]4(O2)C2CC=C(c5cccc6ccncc56)[C@@]2(C)CCC4(O)CC3[C@@H](O)[C@@H]1O. The van der Waals surface area contributed by atoms with E-state index < -0.39 is 29.0 Å². The number of ether oxygens (including phenoxy) is 1. The van der Waals surface area contributed by atoms with Crippen LogP contribution in [0.5, 0.6) is 0 Å². The Bertz CT molecular complexity index is 1260. The van der Waals surface area contributed by atoms with E-state index in [9.17, 15) is 15.3 Å². The van der Waals surface area contributed by atoms with Crippen LogP contribution in [0, 0.1) is 17.3 Å². The fraction of sp³-hybridized carbons (Fsp3) is 0.633. The molecule has 4 fully saturated rings. The van der Waals surface area contributed by atoms with Crippen molar-refractivity contribution < 1.29 is 20.1 Å². The molecule has 2 aromatic rings. The predicted molar refractivity (Wildman–Crippen MR) is 138 cm³/mol. The first-order chi connectivity index (χ1) is 17.1. The van der Waals surface area contributed by atoms with Crippen molar-refractivity contribution in [3.05, 3.63) is 48.3 Å². The molecule has 7 rings (SSSR count). The quantitative estimate of drug-likeness (QED) is 0.597. The van der Waals surface area contributed by atoms with Gasteiger partial charge < -0.3 is 25.0 Å². The predicted octanol–water partition coefficient (Wildman–Crippen LogP) is 3.53. The van der Waals surface area contributed by atoms with Gasteiger partial charge in [0.15, 0.2) is 0 Å². The Morgan fingerprint density at radius 2 is 1.86 bits per heavy atom. The summed E-state index contributed by atoms with van der Waals surface area (Å²) in [5, 5.41) is 36.9. The molecule has 1 aromatic carbocycles. The van der Waals surface area contributed by atoms with E-state index >= 15 is 0 Å². The molecule has 2 bridgehead atoms. The van der Waals surface area contributed by atoms with E-state index in [2.05, 4.69) is 42.2 Å². The Hall–Kier alpha value is -1.83. The van der Waals surface area contributed by atoms with Crippen molar-refractivity contribution in [1.29, 1.82) is 0 Å². The van der Waals surface area contributed by atoms with Crippen LogP contribution in [0.4, 0.5) is 0 Å². The van der Waals surface area contributed by atoms with E-state index in [0.29, 0.717) is 19.3 Å². The van der Waals surface area contributed by atoms with Crippen molar-refractivity contribution in [3.63, 3.8) is 0 Å². The zero-order chi connectivity index (χ0) is 25.1. The third-order valence-corrected chi connectivity index (χ3v) is 11.2. The lowest BCUT2D eigenvalue weighted by Gasteiger charge is -2.65. The summed E-state index contributed by atoms with van der Waals surface area (Å²) in [4.78, 5) is 6.44. The molecule has 192 valence electrons. The van der Waals surface area contributed by atoms with Gasteiger partial charge in [0, 0.05) is 35.7 Å². The van der Waals surface area contributed by atoms with Crippen molar-refractivity contribution in [2.45, 2.75) is 86.9 Å². The molecular formula is C30H38N2O4. The zero-order valence-electron chi connectivity index (χ0n) is 21.5. The highest BCUT2D eigenvalue weighted by molar-refractivity contribution is 5.95. The first kappa shape index (κ1) is 23.3. The monoisotopic (exact) mass is 490 g/mol. The minimum Gasteiger partial charge on any atom is -0.390 e. The number of nitrogens with zero attached hydrogens (tertiary/aromatic N) is 2. The summed E-state index contributed by atoms with van der Waals surface area (Å²) in [7, 11) is 3.93. The van der Waals surface area contributed by atoms with E-state index in [-0.39, 0.29) is 23.3 Å². The number of benzene rings is 1. The van der Waals surface area contributed by atoms with E-state index in [0.717, 1.165) is 25.7 Å². The maximum atomic E-state index is 12.3. The van der Waals surface area contributed by atoms with E-state index in [1.165, 1.54) is 21.9 Å². The number of pyridine rings is 1. The number of likely N-dealkylation sites (N-methyl/N-ethyl adjacent to an activating group) is 1. The number of hydrogen-bond acceptors (Lipinski definition) is 6. The number of allylic oxidation sites excluding steroid dienone is 2. The molecule has 6 heteroatoms. The molecule has 6 nitrogen and oxygen atoms in total. The largest absolute Gasteiger partial charge is 0.390 e. The average molecular weight is 491 g/mol. The molecule has 3 N–H and O–H groups in total. The molecule has 2 spiro atoms.